The van der Waals surface area contributed by atoms with Gasteiger partial charge in [-0.15, -0.1) is 0 Å². The third-order valence-corrected chi connectivity index (χ3v) is 3.72. The maximum absolute atomic E-state index is 5.64. The lowest BCUT2D eigenvalue weighted by molar-refractivity contribution is 0.369. The SMILES string of the molecule is CC(N)c1noc(CC2CCCS2)n1. The highest BCUT2D eigenvalue weighted by Gasteiger charge is 2.19. The average molecular weight is 213 g/mol. The third-order valence-electron chi connectivity index (χ3n) is 2.32. The first kappa shape index (κ1) is 9.98. The minimum Gasteiger partial charge on any atom is -0.339 e. The lowest BCUT2D eigenvalue weighted by atomic mass is 10.2. The van der Waals surface area contributed by atoms with Gasteiger partial charge in [-0.3, -0.25) is 0 Å². The second-order valence-electron chi connectivity index (χ2n) is 3.67. The topological polar surface area (TPSA) is 64.9 Å². The predicted molar refractivity (Wildman–Crippen MR) is 56.1 cm³/mol. The molecule has 0 spiro atoms. The second-order valence-corrected chi connectivity index (χ2v) is 5.08. The van der Waals surface area contributed by atoms with Crippen molar-refractivity contribution in [1.82, 2.24) is 10.1 Å². The molecule has 2 atom stereocenters. The van der Waals surface area contributed by atoms with Crippen molar-refractivity contribution in [3.63, 3.8) is 0 Å². The molecule has 5 heteroatoms. The molecule has 0 aliphatic carbocycles. The first-order chi connectivity index (χ1) is 6.75. The van der Waals surface area contributed by atoms with E-state index in [-0.39, 0.29) is 6.04 Å². The van der Waals surface area contributed by atoms with E-state index in [9.17, 15) is 0 Å². The van der Waals surface area contributed by atoms with Crippen LogP contribution in [0.15, 0.2) is 4.52 Å². The van der Waals surface area contributed by atoms with Gasteiger partial charge in [0, 0.05) is 11.7 Å². The third kappa shape index (κ3) is 2.27. The van der Waals surface area contributed by atoms with Crippen LogP contribution < -0.4 is 5.73 Å². The number of aromatic nitrogens is 2. The van der Waals surface area contributed by atoms with E-state index in [4.69, 9.17) is 10.3 Å². The molecule has 0 saturated carbocycles. The molecular weight excluding hydrogens is 198 g/mol. The summed E-state index contributed by atoms with van der Waals surface area (Å²) in [6.07, 6.45) is 3.47. The van der Waals surface area contributed by atoms with Crippen LogP contribution in [0.3, 0.4) is 0 Å². The van der Waals surface area contributed by atoms with Gasteiger partial charge in [0.05, 0.1) is 6.04 Å². The summed E-state index contributed by atoms with van der Waals surface area (Å²) in [6.45, 7) is 1.86. The van der Waals surface area contributed by atoms with E-state index < -0.39 is 0 Å². The van der Waals surface area contributed by atoms with Gasteiger partial charge in [-0.05, 0) is 25.5 Å². The highest BCUT2D eigenvalue weighted by molar-refractivity contribution is 8.00. The molecule has 1 aliphatic rings. The van der Waals surface area contributed by atoms with Gasteiger partial charge in [-0.25, -0.2) is 0 Å². The zero-order chi connectivity index (χ0) is 9.97. The Labute approximate surface area is 87.6 Å². The summed E-state index contributed by atoms with van der Waals surface area (Å²) in [5, 5.41) is 4.50. The van der Waals surface area contributed by atoms with Crippen LogP contribution in [0.4, 0.5) is 0 Å². The van der Waals surface area contributed by atoms with Crippen molar-refractivity contribution in [2.24, 2.45) is 5.73 Å². The lowest BCUT2D eigenvalue weighted by Crippen LogP contribution is -2.07. The maximum Gasteiger partial charge on any atom is 0.227 e. The summed E-state index contributed by atoms with van der Waals surface area (Å²) in [5.74, 6) is 2.61. The Hall–Kier alpha value is -0.550. The Morgan fingerprint density at radius 3 is 3.14 bits per heavy atom. The van der Waals surface area contributed by atoms with Crippen molar-refractivity contribution in [3.05, 3.63) is 11.7 Å². The van der Waals surface area contributed by atoms with E-state index in [0.717, 1.165) is 12.3 Å². The molecule has 78 valence electrons. The molecule has 0 radical (unpaired) electrons. The van der Waals surface area contributed by atoms with Crippen LogP contribution in [0, 0.1) is 0 Å². The Morgan fingerprint density at radius 1 is 1.71 bits per heavy atom. The molecule has 1 aliphatic heterocycles. The molecule has 2 heterocycles. The molecule has 1 aromatic rings. The van der Waals surface area contributed by atoms with Crippen LogP contribution in [0.2, 0.25) is 0 Å². The molecule has 2 N–H and O–H groups in total. The van der Waals surface area contributed by atoms with E-state index in [1.54, 1.807) is 0 Å². The molecule has 1 aromatic heterocycles. The fraction of sp³-hybridized carbons (Fsp3) is 0.778. The minimum absolute atomic E-state index is 0.135. The number of hydrogen-bond donors (Lipinski definition) is 1. The van der Waals surface area contributed by atoms with Crippen molar-refractivity contribution < 1.29 is 4.52 Å². The van der Waals surface area contributed by atoms with Crippen LogP contribution in [-0.4, -0.2) is 21.1 Å². The quantitative estimate of drug-likeness (QED) is 0.824. The standard InChI is InChI=1S/C9H15N3OS/c1-6(10)9-11-8(13-12-9)5-7-3-2-4-14-7/h6-7H,2-5,10H2,1H3. The van der Waals surface area contributed by atoms with Gasteiger partial charge in [0.25, 0.3) is 0 Å². The Morgan fingerprint density at radius 2 is 2.57 bits per heavy atom. The lowest BCUT2D eigenvalue weighted by Gasteiger charge is -2.02. The molecule has 1 fully saturated rings. The molecule has 14 heavy (non-hydrogen) atoms. The van der Waals surface area contributed by atoms with Crippen molar-refractivity contribution in [1.29, 1.82) is 0 Å². The fourth-order valence-electron chi connectivity index (χ4n) is 1.54. The normalized spacial score (nSPS) is 24.0. The van der Waals surface area contributed by atoms with Gasteiger partial charge in [0.1, 0.15) is 0 Å². The zero-order valence-electron chi connectivity index (χ0n) is 8.27. The molecule has 4 nitrogen and oxygen atoms in total. The number of nitrogens with zero attached hydrogens (tertiary/aromatic N) is 2. The van der Waals surface area contributed by atoms with E-state index in [2.05, 4.69) is 10.1 Å². The van der Waals surface area contributed by atoms with E-state index >= 15 is 0 Å². The van der Waals surface area contributed by atoms with Crippen molar-refractivity contribution in [3.8, 4) is 0 Å². The van der Waals surface area contributed by atoms with Gasteiger partial charge in [0.15, 0.2) is 5.82 Å². The van der Waals surface area contributed by atoms with Crippen LogP contribution in [-0.2, 0) is 6.42 Å². The molecule has 2 rings (SSSR count). The number of hydrogen-bond acceptors (Lipinski definition) is 5. The van der Waals surface area contributed by atoms with Crippen LogP contribution in [0.25, 0.3) is 0 Å². The van der Waals surface area contributed by atoms with Gasteiger partial charge in [-0.2, -0.15) is 16.7 Å². The van der Waals surface area contributed by atoms with Crippen LogP contribution >= 0.6 is 11.8 Å². The highest BCUT2D eigenvalue weighted by atomic mass is 32.2. The summed E-state index contributed by atoms with van der Waals surface area (Å²) in [6, 6.07) is -0.135. The Bertz CT molecular complexity index is 294. The Balaban J connectivity index is 1.95. The van der Waals surface area contributed by atoms with E-state index in [1.165, 1.54) is 18.6 Å². The average Bonchev–Trinajstić information content (AvgIpc) is 2.75. The largest absolute Gasteiger partial charge is 0.339 e. The predicted octanol–water partition coefficient (Wildman–Crippen LogP) is 1.53. The smallest absolute Gasteiger partial charge is 0.227 e. The first-order valence-electron chi connectivity index (χ1n) is 4.95. The van der Waals surface area contributed by atoms with Gasteiger partial charge >= 0.3 is 0 Å². The van der Waals surface area contributed by atoms with Gasteiger partial charge < -0.3 is 10.3 Å². The Kier molecular flexibility index (Phi) is 3.08. The number of nitrogens with two attached hydrogens (primary N) is 1. The molecule has 1 saturated heterocycles. The summed E-state index contributed by atoms with van der Waals surface area (Å²) < 4.78 is 5.13. The zero-order valence-corrected chi connectivity index (χ0v) is 9.09. The highest BCUT2D eigenvalue weighted by Crippen LogP contribution is 2.28. The van der Waals surface area contributed by atoms with Crippen molar-refractivity contribution in [2.45, 2.75) is 37.5 Å². The fourth-order valence-corrected chi connectivity index (χ4v) is 2.80. The number of rotatable bonds is 3. The summed E-state index contributed by atoms with van der Waals surface area (Å²) in [4.78, 5) is 4.26. The maximum atomic E-state index is 5.64. The molecule has 0 bridgehead atoms. The summed E-state index contributed by atoms with van der Waals surface area (Å²) >= 11 is 2.00. The van der Waals surface area contributed by atoms with E-state index in [0.29, 0.717) is 11.1 Å². The van der Waals surface area contributed by atoms with Gasteiger partial charge in [-0.1, -0.05) is 5.16 Å². The molecule has 0 amide bonds. The molecule has 0 aromatic carbocycles. The van der Waals surface area contributed by atoms with Gasteiger partial charge in [0.2, 0.25) is 5.89 Å². The molecular formula is C9H15N3OS. The second kappa shape index (κ2) is 4.31. The number of thioether (sulfide) groups is 1. The van der Waals surface area contributed by atoms with Crippen molar-refractivity contribution >= 4 is 11.8 Å². The summed E-state index contributed by atoms with van der Waals surface area (Å²) in [7, 11) is 0. The van der Waals surface area contributed by atoms with Crippen LogP contribution in [0.5, 0.6) is 0 Å². The summed E-state index contributed by atoms with van der Waals surface area (Å²) in [5.41, 5.74) is 5.64. The monoisotopic (exact) mass is 213 g/mol. The van der Waals surface area contributed by atoms with Crippen LogP contribution in [0.1, 0.15) is 37.5 Å². The van der Waals surface area contributed by atoms with E-state index in [1.807, 2.05) is 18.7 Å². The van der Waals surface area contributed by atoms with Crippen molar-refractivity contribution in [2.75, 3.05) is 5.75 Å². The minimum atomic E-state index is -0.135. The molecule has 2 unspecified atom stereocenters. The first-order valence-corrected chi connectivity index (χ1v) is 6.00.